The van der Waals surface area contributed by atoms with Gasteiger partial charge in [0.1, 0.15) is 5.69 Å². The standard InChI is InChI=1S/C19H22ClN3OS/c20-16-5-3-15(4-6-16)11-23-10-2-8-19(23)7-1-9-22(13-19)18(24)17-12-25-14-21-17/h3-6,12,14H,1-2,7-11,13H2. The van der Waals surface area contributed by atoms with Gasteiger partial charge in [-0.2, -0.15) is 0 Å². The minimum absolute atomic E-state index is 0.0821. The quantitative estimate of drug-likeness (QED) is 0.811. The Labute approximate surface area is 157 Å². The summed E-state index contributed by atoms with van der Waals surface area (Å²) in [7, 11) is 0. The van der Waals surface area contributed by atoms with E-state index in [1.54, 1.807) is 5.51 Å². The van der Waals surface area contributed by atoms with E-state index in [2.05, 4.69) is 22.0 Å². The summed E-state index contributed by atoms with van der Waals surface area (Å²) >= 11 is 7.49. The minimum atomic E-state index is 0.0821. The van der Waals surface area contributed by atoms with Crippen LogP contribution in [0.5, 0.6) is 0 Å². The van der Waals surface area contributed by atoms with E-state index in [-0.39, 0.29) is 11.4 Å². The van der Waals surface area contributed by atoms with E-state index in [0.717, 1.165) is 37.6 Å². The zero-order chi connectivity index (χ0) is 17.3. The van der Waals surface area contributed by atoms with E-state index >= 15 is 0 Å². The van der Waals surface area contributed by atoms with E-state index < -0.39 is 0 Å². The molecule has 2 aromatic rings. The van der Waals surface area contributed by atoms with Crippen LogP contribution in [0, 0.1) is 0 Å². The number of carbonyl (C=O) groups excluding carboxylic acids is 1. The van der Waals surface area contributed by atoms with Crippen molar-refractivity contribution in [1.29, 1.82) is 0 Å². The second-order valence-corrected chi connectivity index (χ2v) is 8.23. The molecular formula is C19H22ClN3OS. The second-order valence-electron chi connectivity index (χ2n) is 7.08. The maximum atomic E-state index is 12.7. The van der Waals surface area contributed by atoms with Crippen molar-refractivity contribution >= 4 is 28.8 Å². The van der Waals surface area contributed by atoms with E-state index in [9.17, 15) is 4.79 Å². The fourth-order valence-electron chi connectivity index (χ4n) is 4.28. The Kier molecular flexibility index (Phi) is 4.80. The third kappa shape index (κ3) is 3.46. The van der Waals surface area contributed by atoms with Crippen molar-refractivity contribution in [1.82, 2.24) is 14.8 Å². The molecule has 132 valence electrons. The highest BCUT2D eigenvalue weighted by atomic mass is 35.5. The summed E-state index contributed by atoms with van der Waals surface area (Å²) in [6, 6.07) is 8.13. The first-order chi connectivity index (χ1) is 12.2. The average Bonchev–Trinajstić information content (AvgIpc) is 3.28. The van der Waals surface area contributed by atoms with Crippen LogP contribution in [0.1, 0.15) is 41.7 Å². The van der Waals surface area contributed by atoms with Gasteiger partial charge in [0.2, 0.25) is 0 Å². The zero-order valence-corrected chi connectivity index (χ0v) is 15.7. The Morgan fingerprint density at radius 2 is 1.96 bits per heavy atom. The second kappa shape index (κ2) is 7.06. The molecule has 2 aliphatic rings. The van der Waals surface area contributed by atoms with E-state index in [1.165, 1.54) is 36.2 Å². The first-order valence-electron chi connectivity index (χ1n) is 8.83. The molecule has 1 unspecified atom stereocenters. The van der Waals surface area contributed by atoms with Gasteiger partial charge in [-0.25, -0.2) is 4.98 Å². The molecule has 2 saturated heterocycles. The first-order valence-corrected chi connectivity index (χ1v) is 10.2. The maximum absolute atomic E-state index is 12.7. The third-order valence-electron chi connectivity index (χ3n) is 5.52. The van der Waals surface area contributed by atoms with Crippen molar-refractivity contribution in [2.24, 2.45) is 0 Å². The van der Waals surface area contributed by atoms with E-state index in [1.807, 2.05) is 22.4 Å². The fourth-order valence-corrected chi connectivity index (χ4v) is 4.93. The van der Waals surface area contributed by atoms with Crippen molar-refractivity contribution in [3.63, 3.8) is 0 Å². The molecular weight excluding hydrogens is 354 g/mol. The Morgan fingerprint density at radius 1 is 1.20 bits per heavy atom. The number of likely N-dealkylation sites (tertiary alicyclic amines) is 2. The minimum Gasteiger partial charge on any atom is -0.335 e. The number of hydrogen-bond acceptors (Lipinski definition) is 4. The summed E-state index contributed by atoms with van der Waals surface area (Å²) in [5, 5.41) is 2.63. The lowest BCUT2D eigenvalue weighted by molar-refractivity contribution is 0.0293. The van der Waals surface area contributed by atoms with Gasteiger partial charge < -0.3 is 4.90 Å². The molecule has 3 heterocycles. The van der Waals surface area contributed by atoms with Crippen molar-refractivity contribution in [2.75, 3.05) is 19.6 Å². The summed E-state index contributed by atoms with van der Waals surface area (Å²) < 4.78 is 0. The summed E-state index contributed by atoms with van der Waals surface area (Å²) in [6.07, 6.45) is 4.60. The van der Waals surface area contributed by atoms with Crippen LogP contribution in [0.25, 0.3) is 0 Å². The first kappa shape index (κ1) is 17.0. The number of aromatic nitrogens is 1. The average molecular weight is 376 g/mol. The van der Waals surface area contributed by atoms with Gasteiger partial charge >= 0.3 is 0 Å². The molecule has 1 amide bonds. The van der Waals surface area contributed by atoms with Crippen molar-refractivity contribution in [3.05, 3.63) is 51.4 Å². The molecule has 2 fully saturated rings. The normalized spacial score (nSPS) is 24.1. The molecule has 1 aromatic heterocycles. The van der Waals surface area contributed by atoms with Gasteiger partial charge in [-0.1, -0.05) is 23.7 Å². The number of carbonyl (C=O) groups is 1. The van der Waals surface area contributed by atoms with Crippen LogP contribution in [0.15, 0.2) is 35.2 Å². The Hall–Kier alpha value is -1.43. The molecule has 0 bridgehead atoms. The molecule has 4 nitrogen and oxygen atoms in total. The number of benzene rings is 1. The zero-order valence-electron chi connectivity index (χ0n) is 14.2. The van der Waals surface area contributed by atoms with Crippen molar-refractivity contribution < 1.29 is 4.79 Å². The van der Waals surface area contributed by atoms with Gasteiger partial charge in [0, 0.05) is 35.6 Å². The highest BCUT2D eigenvalue weighted by molar-refractivity contribution is 7.07. The number of nitrogens with zero attached hydrogens (tertiary/aromatic N) is 3. The molecule has 2 aliphatic heterocycles. The smallest absolute Gasteiger partial charge is 0.273 e. The Balaban J connectivity index is 1.50. The van der Waals surface area contributed by atoms with Crippen LogP contribution < -0.4 is 0 Å². The lowest BCUT2D eigenvalue weighted by atomic mass is 9.86. The number of hydrogen-bond donors (Lipinski definition) is 0. The number of thiazole rings is 1. The van der Waals surface area contributed by atoms with Gasteiger partial charge in [-0.05, 0) is 49.9 Å². The largest absolute Gasteiger partial charge is 0.335 e. The Morgan fingerprint density at radius 3 is 2.68 bits per heavy atom. The maximum Gasteiger partial charge on any atom is 0.273 e. The lowest BCUT2D eigenvalue weighted by Crippen LogP contribution is -2.56. The molecule has 6 heteroatoms. The summed E-state index contributed by atoms with van der Waals surface area (Å²) in [5.41, 5.74) is 3.72. The number of amides is 1. The highest BCUT2D eigenvalue weighted by Crippen LogP contribution is 2.38. The Bertz CT molecular complexity index is 734. The molecule has 0 N–H and O–H groups in total. The van der Waals surface area contributed by atoms with Gasteiger partial charge in [0.15, 0.2) is 0 Å². The third-order valence-corrected chi connectivity index (χ3v) is 6.36. The topological polar surface area (TPSA) is 36.4 Å². The van der Waals surface area contributed by atoms with Crippen molar-refractivity contribution in [3.8, 4) is 0 Å². The number of halogens is 1. The van der Waals surface area contributed by atoms with E-state index in [0.29, 0.717) is 5.69 Å². The van der Waals surface area contributed by atoms with Crippen molar-refractivity contribution in [2.45, 2.75) is 37.8 Å². The molecule has 1 spiro atoms. The monoisotopic (exact) mass is 375 g/mol. The SMILES string of the molecule is O=C(c1cscn1)N1CCCC2(CCCN2Cc2ccc(Cl)cc2)C1. The number of piperidine rings is 1. The van der Waals surface area contributed by atoms with Crippen LogP contribution in [-0.2, 0) is 6.54 Å². The van der Waals surface area contributed by atoms with Crippen LogP contribution >= 0.6 is 22.9 Å². The predicted octanol–water partition coefficient (Wildman–Crippen LogP) is 4.07. The summed E-state index contributed by atoms with van der Waals surface area (Å²) in [4.78, 5) is 21.5. The highest BCUT2D eigenvalue weighted by Gasteiger charge is 2.44. The summed E-state index contributed by atoms with van der Waals surface area (Å²) in [6.45, 7) is 3.68. The molecule has 0 saturated carbocycles. The van der Waals surface area contributed by atoms with Gasteiger partial charge in [0.05, 0.1) is 5.51 Å². The fraction of sp³-hybridized carbons (Fsp3) is 0.474. The molecule has 25 heavy (non-hydrogen) atoms. The van der Waals surface area contributed by atoms with Crippen LogP contribution in [0.3, 0.4) is 0 Å². The van der Waals surface area contributed by atoms with Crippen LogP contribution in [-0.4, -0.2) is 45.9 Å². The van der Waals surface area contributed by atoms with E-state index in [4.69, 9.17) is 11.6 Å². The molecule has 0 aliphatic carbocycles. The molecule has 1 atom stereocenters. The van der Waals surface area contributed by atoms with Crippen LogP contribution in [0.4, 0.5) is 0 Å². The predicted molar refractivity (Wildman–Crippen MR) is 101 cm³/mol. The molecule has 4 rings (SSSR count). The summed E-state index contributed by atoms with van der Waals surface area (Å²) in [5.74, 6) is 0.0821. The number of rotatable bonds is 3. The lowest BCUT2D eigenvalue weighted by Gasteiger charge is -2.46. The van der Waals surface area contributed by atoms with Gasteiger partial charge in [-0.15, -0.1) is 11.3 Å². The van der Waals surface area contributed by atoms with Gasteiger partial charge in [-0.3, -0.25) is 9.69 Å². The molecule has 1 aromatic carbocycles. The van der Waals surface area contributed by atoms with Gasteiger partial charge in [0.25, 0.3) is 5.91 Å². The van der Waals surface area contributed by atoms with Crippen LogP contribution in [0.2, 0.25) is 5.02 Å². The molecule has 0 radical (unpaired) electrons.